The molecule has 0 unspecified atom stereocenters. The first-order valence-corrected chi connectivity index (χ1v) is 9.07. The quantitative estimate of drug-likeness (QED) is 0.299. The third-order valence-electron chi connectivity index (χ3n) is 3.40. The molecule has 0 saturated heterocycles. The lowest BCUT2D eigenvalue weighted by atomic mass is 10.2. The first-order valence-electron chi connectivity index (χ1n) is 7.43. The highest BCUT2D eigenvalue weighted by atomic mass is 35.5. The Balaban J connectivity index is 1.63. The zero-order valence-corrected chi connectivity index (χ0v) is 15.9. The van der Waals surface area contributed by atoms with Crippen LogP contribution >= 0.6 is 34.5 Å². The fraction of sp³-hybridized carbons (Fsp3) is 0.111. The van der Waals surface area contributed by atoms with Crippen LogP contribution in [0, 0.1) is 0 Å². The van der Waals surface area contributed by atoms with Crippen molar-refractivity contribution in [2.45, 2.75) is 6.61 Å². The lowest BCUT2D eigenvalue weighted by Crippen LogP contribution is -1.99. The minimum absolute atomic E-state index is 0.248. The van der Waals surface area contributed by atoms with E-state index in [-0.39, 0.29) is 6.61 Å². The maximum atomic E-state index is 11.7. The first kappa shape index (κ1) is 18.5. The van der Waals surface area contributed by atoms with Gasteiger partial charge in [0.05, 0.1) is 17.2 Å². The molecule has 3 aromatic rings. The molecule has 0 aliphatic heterocycles. The van der Waals surface area contributed by atoms with Gasteiger partial charge in [-0.1, -0.05) is 34.4 Å². The number of hydrogen-bond donors (Lipinski definition) is 0. The van der Waals surface area contributed by atoms with Crippen molar-refractivity contribution in [2.24, 2.45) is 5.16 Å². The Morgan fingerprint density at radius 2 is 2.08 bits per heavy atom. The van der Waals surface area contributed by atoms with Gasteiger partial charge in [0.25, 0.3) is 0 Å². The summed E-state index contributed by atoms with van der Waals surface area (Å²) >= 11 is 13.1. The highest BCUT2D eigenvalue weighted by Gasteiger charge is 2.17. The third-order valence-corrected chi connectivity index (χ3v) is 5.03. The van der Waals surface area contributed by atoms with E-state index in [1.165, 1.54) is 24.7 Å². The van der Waals surface area contributed by atoms with Gasteiger partial charge < -0.3 is 14.0 Å². The molecular formula is C18H13Cl2NO4S. The van der Waals surface area contributed by atoms with E-state index in [1.54, 1.807) is 41.8 Å². The van der Waals surface area contributed by atoms with Crippen molar-refractivity contribution in [1.29, 1.82) is 0 Å². The fourth-order valence-corrected chi connectivity index (χ4v) is 3.29. The number of carbonyl (C=O) groups excluding carboxylic acids is 1. The van der Waals surface area contributed by atoms with Gasteiger partial charge in [0.1, 0.15) is 29.2 Å². The second-order valence-corrected chi connectivity index (χ2v) is 6.84. The lowest BCUT2D eigenvalue weighted by molar-refractivity contribution is 0.0607. The molecule has 0 fully saturated rings. The van der Waals surface area contributed by atoms with Crippen molar-refractivity contribution < 1.29 is 18.8 Å². The van der Waals surface area contributed by atoms with Crippen LogP contribution in [0.2, 0.25) is 10.0 Å². The van der Waals surface area contributed by atoms with Crippen molar-refractivity contribution in [2.75, 3.05) is 7.11 Å². The molecule has 134 valence electrons. The summed E-state index contributed by atoms with van der Waals surface area (Å²) in [7, 11) is 1.34. The molecule has 2 heterocycles. The Morgan fingerprint density at radius 1 is 1.23 bits per heavy atom. The summed E-state index contributed by atoms with van der Waals surface area (Å²) in [6, 6.07) is 10.5. The molecule has 1 aromatic carbocycles. The molecule has 8 heteroatoms. The minimum Gasteiger partial charge on any atom is -0.465 e. The van der Waals surface area contributed by atoms with E-state index in [0.717, 1.165) is 5.56 Å². The van der Waals surface area contributed by atoms with E-state index < -0.39 is 5.97 Å². The van der Waals surface area contributed by atoms with Crippen LogP contribution in [0.5, 0.6) is 0 Å². The molecule has 2 aromatic heterocycles. The molecule has 26 heavy (non-hydrogen) atoms. The third kappa shape index (κ3) is 4.27. The lowest BCUT2D eigenvalue weighted by Gasteiger charge is -2.01. The molecular weight excluding hydrogens is 397 g/mol. The Labute approximate surface area is 163 Å². The monoisotopic (exact) mass is 409 g/mol. The molecule has 0 atom stereocenters. The van der Waals surface area contributed by atoms with Gasteiger partial charge in [-0.3, -0.25) is 0 Å². The number of nitrogens with zero attached hydrogens (tertiary/aromatic N) is 1. The number of furan rings is 1. The number of thiophene rings is 1. The number of hydrogen-bond acceptors (Lipinski definition) is 6. The van der Waals surface area contributed by atoms with Crippen molar-refractivity contribution in [3.05, 3.63) is 68.0 Å². The van der Waals surface area contributed by atoms with Crippen LogP contribution in [0.15, 0.2) is 51.4 Å². The maximum absolute atomic E-state index is 11.7. The van der Waals surface area contributed by atoms with Gasteiger partial charge in [0, 0.05) is 5.56 Å². The summed E-state index contributed by atoms with van der Waals surface area (Å²) in [5.41, 5.74) is 1.52. The van der Waals surface area contributed by atoms with Gasteiger partial charge in [-0.05, 0) is 41.3 Å². The SMILES string of the molecule is COC(=O)c1sccc1-c1ccc(C=NOCc2ccc(Cl)c(Cl)c2)o1. The van der Waals surface area contributed by atoms with Crippen LogP contribution in [0.3, 0.4) is 0 Å². The zero-order valence-electron chi connectivity index (χ0n) is 13.6. The molecule has 0 spiro atoms. The Bertz CT molecular complexity index is 948. The predicted molar refractivity (Wildman–Crippen MR) is 102 cm³/mol. The minimum atomic E-state index is -0.397. The summed E-state index contributed by atoms with van der Waals surface area (Å²) in [5, 5.41) is 6.63. The van der Waals surface area contributed by atoms with Crippen LogP contribution in [-0.4, -0.2) is 19.3 Å². The second-order valence-electron chi connectivity index (χ2n) is 5.11. The van der Waals surface area contributed by atoms with Gasteiger partial charge in [0.15, 0.2) is 0 Å². The number of rotatable bonds is 6. The molecule has 0 aliphatic rings. The van der Waals surface area contributed by atoms with Crippen molar-refractivity contribution in [3.8, 4) is 11.3 Å². The fourth-order valence-electron chi connectivity index (χ4n) is 2.15. The normalized spacial score (nSPS) is 11.0. The highest BCUT2D eigenvalue weighted by molar-refractivity contribution is 7.12. The van der Waals surface area contributed by atoms with Crippen molar-refractivity contribution >= 4 is 46.7 Å². The number of methoxy groups -OCH3 is 1. The van der Waals surface area contributed by atoms with E-state index in [2.05, 4.69) is 5.16 Å². The van der Waals surface area contributed by atoms with Crippen molar-refractivity contribution in [1.82, 2.24) is 0 Å². The van der Waals surface area contributed by atoms with Crippen LogP contribution in [0.25, 0.3) is 11.3 Å². The summed E-state index contributed by atoms with van der Waals surface area (Å²) in [4.78, 5) is 17.5. The number of benzene rings is 1. The predicted octanol–water partition coefficient (Wildman–Crippen LogP) is 5.65. The van der Waals surface area contributed by atoms with Crippen LogP contribution in [0.1, 0.15) is 21.0 Å². The van der Waals surface area contributed by atoms with Gasteiger partial charge >= 0.3 is 5.97 Å². The van der Waals surface area contributed by atoms with Crippen LogP contribution in [0.4, 0.5) is 0 Å². The zero-order chi connectivity index (χ0) is 18.5. The molecule has 0 radical (unpaired) electrons. The Morgan fingerprint density at radius 3 is 2.85 bits per heavy atom. The summed E-state index contributed by atoms with van der Waals surface area (Å²) in [5.74, 6) is 0.653. The number of carbonyl (C=O) groups is 1. The Kier molecular flexibility index (Phi) is 5.98. The number of esters is 1. The molecule has 0 saturated carbocycles. The number of oxime groups is 1. The number of halogens is 2. The summed E-state index contributed by atoms with van der Waals surface area (Å²) in [6.07, 6.45) is 1.45. The van der Waals surface area contributed by atoms with Gasteiger partial charge in [-0.25, -0.2) is 4.79 Å². The molecule has 5 nitrogen and oxygen atoms in total. The maximum Gasteiger partial charge on any atom is 0.348 e. The topological polar surface area (TPSA) is 61.0 Å². The van der Waals surface area contributed by atoms with Crippen LogP contribution in [-0.2, 0) is 16.2 Å². The standard InChI is InChI=1S/C18H13Cl2NO4S/c1-23-18(22)17-13(6-7-26-17)16-5-3-12(25-16)9-21-24-10-11-2-4-14(19)15(20)8-11/h2-9H,10H2,1H3. The first-order chi connectivity index (χ1) is 12.6. The largest absolute Gasteiger partial charge is 0.465 e. The molecule has 0 amide bonds. The average molecular weight is 410 g/mol. The van der Waals surface area contributed by atoms with E-state index in [1.807, 2.05) is 0 Å². The van der Waals surface area contributed by atoms with Gasteiger partial charge in [-0.2, -0.15) is 0 Å². The van der Waals surface area contributed by atoms with Gasteiger partial charge in [-0.15, -0.1) is 11.3 Å². The van der Waals surface area contributed by atoms with E-state index in [4.69, 9.17) is 37.2 Å². The van der Waals surface area contributed by atoms with E-state index in [9.17, 15) is 4.79 Å². The number of ether oxygens (including phenoxy) is 1. The molecule has 0 aliphatic carbocycles. The van der Waals surface area contributed by atoms with E-state index >= 15 is 0 Å². The highest BCUT2D eigenvalue weighted by Crippen LogP contribution is 2.30. The Hall–Kier alpha value is -2.28. The molecule has 0 bridgehead atoms. The molecule has 0 N–H and O–H groups in total. The van der Waals surface area contributed by atoms with E-state index in [0.29, 0.717) is 32.0 Å². The summed E-state index contributed by atoms with van der Waals surface area (Å²) in [6.45, 7) is 0.248. The summed E-state index contributed by atoms with van der Waals surface area (Å²) < 4.78 is 10.4. The van der Waals surface area contributed by atoms with Crippen LogP contribution < -0.4 is 0 Å². The molecule has 3 rings (SSSR count). The van der Waals surface area contributed by atoms with Crippen molar-refractivity contribution in [3.63, 3.8) is 0 Å². The second kappa shape index (κ2) is 8.40. The van der Waals surface area contributed by atoms with Gasteiger partial charge in [0.2, 0.25) is 0 Å². The average Bonchev–Trinajstić information content (AvgIpc) is 3.30. The smallest absolute Gasteiger partial charge is 0.348 e.